The van der Waals surface area contributed by atoms with E-state index in [9.17, 15) is 29.3 Å². The van der Waals surface area contributed by atoms with Gasteiger partial charge in [0.15, 0.2) is 0 Å². The molecule has 0 bridgehead atoms. The number of halogens is 1. The fraction of sp³-hybridized carbons (Fsp3) is 0.433. The molecule has 41 heavy (non-hydrogen) atoms. The number of nitrogens with one attached hydrogen (secondary N) is 1. The number of hydrogen-bond donors (Lipinski definition) is 5. The third-order valence-corrected chi connectivity index (χ3v) is 6.70. The topological polar surface area (TPSA) is 154 Å². The minimum absolute atomic E-state index is 0.0369. The molecule has 0 unspecified atom stereocenters. The largest absolute Gasteiger partial charge is 0.481 e. The van der Waals surface area contributed by atoms with Crippen LogP contribution >= 0.6 is 0 Å². The number of ether oxygens (including phenoxy) is 1. The van der Waals surface area contributed by atoms with Crippen LogP contribution in [-0.4, -0.2) is 73.8 Å². The molecule has 0 fully saturated rings. The van der Waals surface area contributed by atoms with Gasteiger partial charge in [0.25, 0.3) is 5.91 Å². The summed E-state index contributed by atoms with van der Waals surface area (Å²) in [6.07, 6.45) is -3.75. The normalized spacial score (nSPS) is 14.4. The van der Waals surface area contributed by atoms with Crippen molar-refractivity contribution >= 4 is 11.9 Å². The maximum Gasteiger partial charge on any atom is 0.305 e. The summed E-state index contributed by atoms with van der Waals surface area (Å²) >= 11 is 0. The highest BCUT2D eigenvalue weighted by Crippen LogP contribution is 2.29. The first kappa shape index (κ1) is 31.9. The Labute approximate surface area is 238 Å². The molecule has 2 aromatic carbocycles. The number of hydrogen-bond acceptors (Lipinski definition) is 7. The molecule has 1 heterocycles. The first-order valence-electron chi connectivity index (χ1n) is 13.5. The molecule has 0 saturated heterocycles. The number of imidazole rings is 1. The van der Waals surface area contributed by atoms with Gasteiger partial charge in [-0.15, -0.1) is 0 Å². The maximum absolute atomic E-state index is 13.7. The molecule has 3 rings (SSSR count). The maximum atomic E-state index is 13.7. The predicted molar refractivity (Wildman–Crippen MR) is 150 cm³/mol. The van der Waals surface area contributed by atoms with E-state index in [0.717, 1.165) is 0 Å². The fourth-order valence-electron chi connectivity index (χ4n) is 4.77. The highest BCUT2D eigenvalue weighted by atomic mass is 19.1. The van der Waals surface area contributed by atoms with Crippen LogP contribution in [0.2, 0.25) is 0 Å². The zero-order valence-electron chi connectivity index (χ0n) is 23.4. The second-order valence-electron chi connectivity index (χ2n) is 10.3. The average Bonchev–Trinajstić information content (AvgIpc) is 3.31. The van der Waals surface area contributed by atoms with Gasteiger partial charge in [0, 0.05) is 19.2 Å². The summed E-state index contributed by atoms with van der Waals surface area (Å²) < 4.78 is 20.8. The standard InChI is InChI=1S/C30H38FN3O7/c1-18(2)27-26(30(40)32-24(17-41-3)28(39)19-7-5-4-6-8-19)33-29(20-9-11-21(31)12-10-20)34(27)14-13-22(35)15-23(36)16-25(37)38/h4-12,18,22-24,28,35-36,39H,13-17H2,1-3H3,(H,32,40)(H,37,38)/t22-,23-,24+,28-/m1/s1. The number of carboxylic acid groups (broad SMARTS) is 1. The van der Waals surface area contributed by atoms with Crippen LogP contribution in [0.3, 0.4) is 0 Å². The second kappa shape index (κ2) is 14.8. The van der Waals surface area contributed by atoms with Gasteiger partial charge in [0.2, 0.25) is 0 Å². The minimum Gasteiger partial charge on any atom is -0.481 e. The Bertz CT molecular complexity index is 1280. The van der Waals surface area contributed by atoms with E-state index >= 15 is 0 Å². The first-order valence-corrected chi connectivity index (χ1v) is 13.5. The molecule has 11 heteroatoms. The second-order valence-corrected chi connectivity index (χ2v) is 10.3. The third-order valence-electron chi connectivity index (χ3n) is 6.70. The Hall–Kier alpha value is -3.64. The number of aliphatic carboxylic acids is 1. The van der Waals surface area contributed by atoms with Crippen LogP contribution in [0.15, 0.2) is 54.6 Å². The third kappa shape index (κ3) is 8.67. The Morgan fingerprint density at radius 3 is 2.27 bits per heavy atom. The van der Waals surface area contributed by atoms with Crippen LogP contribution in [0.4, 0.5) is 4.39 Å². The Morgan fingerprint density at radius 1 is 1.02 bits per heavy atom. The van der Waals surface area contributed by atoms with Crippen molar-refractivity contribution in [3.05, 3.63) is 77.4 Å². The summed E-state index contributed by atoms with van der Waals surface area (Å²) in [5, 5.41) is 43.2. The van der Waals surface area contributed by atoms with Crippen LogP contribution < -0.4 is 5.32 Å². The zero-order chi connectivity index (χ0) is 30.1. The Balaban J connectivity index is 1.96. The Kier molecular flexibility index (Phi) is 11.5. The number of aliphatic hydroxyl groups excluding tert-OH is 3. The van der Waals surface area contributed by atoms with E-state index in [0.29, 0.717) is 22.6 Å². The number of carbonyl (C=O) groups is 2. The molecule has 5 N–H and O–H groups in total. The molecule has 0 radical (unpaired) electrons. The lowest BCUT2D eigenvalue weighted by atomic mass is 10.0. The van der Waals surface area contributed by atoms with E-state index in [1.165, 1.54) is 19.2 Å². The highest BCUT2D eigenvalue weighted by molar-refractivity contribution is 5.94. The van der Waals surface area contributed by atoms with E-state index in [-0.39, 0.29) is 37.6 Å². The van der Waals surface area contributed by atoms with Crippen LogP contribution in [0.1, 0.15) is 66.9 Å². The van der Waals surface area contributed by atoms with Gasteiger partial charge in [-0.1, -0.05) is 44.2 Å². The number of methoxy groups -OCH3 is 1. The van der Waals surface area contributed by atoms with Crippen LogP contribution in [0.25, 0.3) is 11.4 Å². The van der Waals surface area contributed by atoms with Crippen molar-refractivity contribution in [2.45, 2.75) is 69.9 Å². The molecule has 0 aliphatic rings. The van der Waals surface area contributed by atoms with Crippen molar-refractivity contribution in [2.75, 3.05) is 13.7 Å². The lowest BCUT2D eigenvalue weighted by Crippen LogP contribution is -2.43. The van der Waals surface area contributed by atoms with Gasteiger partial charge in [0.1, 0.15) is 23.4 Å². The molecule has 1 amide bonds. The molecular formula is C30H38FN3O7. The van der Waals surface area contributed by atoms with Crippen molar-refractivity contribution in [1.29, 1.82) is 0 Å². The van der Waals surface area contributed by atoms with Crippen molar-refractivity contribution in [1.82, 2.24) is 14.9 Å². The minimum atomic E-state index is -1.21. The smallest absolute Gasteiger partial charge is 0.305 e. The van der Waals surface area contributed by atoms with Crippen molar-refractivity contribution in [3.63, 3.8) is 0 Å². The van der Waals surface area contributed by atoms with E-state index < -0.39 is 48.5 Å². The molecule has 0 spiro atoms. The summed E-state index contributed by atoms with van der Waals surface area (Å²) in [5.41, 5.74) is 1.83. The Morgan fingerprint density at radius 2 is 1.68 bits per heavy atom. The predicted octanol–water partition coefficient (Wildman–Crippen LogP) is 3.27. The van der Waals surface area contributed by atoms with Gasteiger partial charge in [-0.2, -0.15) is 0 Å². The summed E-state index contributed by atoms with van der Waals surface area (Å²) in [5.74, 6) is -1.96. The molecule has 1 aromatic heterocycles. The van der Waals surface area contributed by atoms with E-state index in [1.54, 1.807) is 41.0 Å². The summed E-state index contributed by atoms with van der Waals surface area (Å²) in [4.78, 5) is 29.2. The van der Waals surface area contributed by atoms with Crippen molar-refractivity contribution in [3.8, 4) is 11.4 Å². The van der Waals surface area contributed by atoms with Gasteiger partial charge < -0.3 is 35.0 Å². The van der Waals surface area contributed by atoms with Gasteiger partial charge in [0.05, 0.1) is 37.0 Å². The van der Waals surface area contributed by atoms with Crippen molar-refractivity contribution in [2.24, 2.45) is 0 Å². The molecule has 0 aliphatic carbocycles. The highest BCUT2D eigenvalue weighted by Gasteiger charge is 2.29. The zero-order valence-corrected chi connectivity index (χ0v) is 23.4. The number of benzene rings is 2. The molecule has 222 valence electrons. The quantitative estimate of drug-likeness (QED) is 0.186. The summed E-state index contributed by atoms with van der Waals surface area (Å²) in [7, 11) is 1.47. The molecule has 10 nitrogen and oxygen atoms in total. The lowest BCUT2D eigenvalue weighted by Gasteiger charge is -2.24. The molecular weight excluding hydrogens is 533 g/mol. The molecule has 4 atom stereocenters. The number of aromatic nitrogens is 2. The number of rotatable bonds is 15. The average molecular weight is 572 g/mol. The van der Waals surface area contributed by atoms with Crippen molar-refractivity contribution < 1.29 is 39.1 Å². The fourth-order valence-corrected chi connectivity index (χ4v) is 4.77. The number of amides is 1. The molecule has 3 aromatic rings. The van der Waals surface area contributed by atoms with E-state index in [2.05, 4.69) is 10.3 Å². The van der Waals surface area contributed by atoms with Crippen LogP contribution in [0.5, 0.6) is 0 Å². The van der Waals surface area contributed by atoms with Gasteiger partial charge >= 0.3 is 5.97 Å². The molecule has 0 aliphatic heterocycles. The first-order chi connectivity index (χ1) is 19.5. The van der Waals surface area contributed by atoms with E-state index in [1.807, 2.05) is 19.9 Å². The lowest BCUT2D eigenvalue weighted by molar-refractivity contribution is -0.139. The van der Waals surface area contributed by atoms with E-state index in [4.69, 9.17) is 9.84 Å². The number of carboxylic acids is 1. The monoisotopic (exact) mass is 571 g/mol. The SMILES string of the molecule is COC[C@H](NC(=O)c1nc(-c2ccc(F)cc2)n(CC[C@@H](O)C[C@@H](O)CC(=O)O)c1C(C)C)[C@H](O)c1ccccc1. The summed E-state index contributed by atoms with van der Waals surface area (Å²) in [6, 6.07) is 13.8. The van der Waals surface area contributed by atoms with Crippen LogP contribution in [-0.2, 0) is 16.1 Å². The number of carbonyl (C=O) groups excluding carboxylic acids is 1. The van der Waals surface area contributed by atoms with Gasteiger partial charge in [-0.3, -0.25) is 9.59 Å². The molecule has 0 saturated carbocycles. The summed E-state index contributed by atoms with van der Waals surface area (Å²) in [6.45, 7) is 4.00. The number of nitrogens with zero attached hydrogens (tertiary/aromatic N) is 2. The number of aliphatic hydroxyl groups is 3. The van der Waals surface area contributed by atoms with Crippen LogP contribution in [0, 0.1) is 5.82 Å². The van der Waals surface area contributed by atoms with Gasteiger partial charge in [-0.05, 0) is 48.6 Å². The van der Waals surface area contributed by atoms with Gasteiger partial charge in [-0.25, -0.2) is 9.37 Å².